The normalized spacial score (nSPS) is 10.6. The molecule has 1 aromatic carbocycles. The van der Waals surface area contributed by atoms with Crippen LogP contribution in [0.1, 0.15) is 31.0 Å². The summed E-state index contributed by atoms with van der Waals surface area (Å²) in [6.07, 6.45) is 2.17. The third-order valence-electron chi connectivity index (χ3n) is 3.08. The van der Waals surface area contributed by atoms with E-state index in [2.05, 4.69) is 35.4 Å². The molecule has 0 bridgehead atoms. The van der Waals surface area contributed by atoms with Crippen molar-refractivity contribution in [3.05, 3.63) is 41.6 Å². The Kier molecular flexibility index (Phi) is 4.50. The maximum Gasteiger partial charge on any atom is 0.220 e. The van der Waals surface area contributed by atoms with Gasteiger partial charge in [-0.2, -0.15) is 0 Å². The quantitative estimate of drug-likeness (QED) is 0.893. The predicted molar refractivity (Wildman–Crippen MR) is 78.1 cm³/mol. The Labute approximate surface area is 114 Å². The summed E-state index contributed by atoms with van der Waals surface area (Å²) in [4.78, 5) is 16.1. The molecule has 1 N–H and O–H groups in total. The third kappa shape index (κ3) is 3.78. The molecule has 0 atom stereocenters. The molecule has 0 spiro atoms. The van der Waals surface area contributed by atoms with Crippen molar-refractivity contribution in [3.8, 4) is 0 Å². The maximum atomic E-state index is 11.5. The standard InChI is InChI=1S/C16H20N2O/c1-3-10-17-16(19)9-7-14-6-5-13-11-12(2)4-8-15(13)18-14/h4-6,8,11H,3,7,9-10H2,1-2H3,(H,17,19). The topological polar surface area (TPSA) is 42.0 Å². The van der Waals surface area contributed by atoms with Crippen molar-refractivity contribution < 1.29 is 4.79 Å². The molecule has 2 aromatic rings. The molecule has 0 saturated carbocycles. The average molecular weight is 256 g/mol. The number of benzene rings is 1. The zero-order valence-corrected chi connectivity index (χ0v) is 11.6. The molecular formula is C16H20N2O. The van der Waals surface area contributed by atoms with Crippen molar-refractivity contribution in [1.29, 1.82) is 0 Å². The number of hydrogen-bond donors (Lipinski definition) is 1. The lowest BCUT2D eigenvalue weighted by Crippen LogP contribution is -2.24. The summed E-state index contributed by atoms with van der Waals surface area (Å²) >= 11 is 0. The van der Waals surface area contributed by atoms with Crippen LogP contribution in [0.5, 0.6) is 0 Å². The number of nitrogens with zero attached hydrogens (tertiary/aromatic N) is 1. The van der Waals surface area contributed by atoms with Crippen LogP contribution in [0.2, 0.25) is 0 Å². The maximum absolute atomic E-state index is 11.5. The molecule has 0 radical (unpaired) electrons. The van der Waals surface area contributed by atoms with Gasteiger partial charge < -0.3 is 5.32 Å². The van der Waals surface area contributed by atoms with Gasteiger partial charge in [-0.05, 0) is 38.0 Å². The minimum absolute atomic E-state index is 0.104. The van der Waals surface area contributed by atoms with Gasteiger partial charge in [0.15, 0.2) is 0 Å². The van der Waals surface area contributed by atoms with E-state index >= 15 is 0 Å². The van der Waals surface area contributed by atoms with E-state index in [4.69, 9.17) is 0 Å². The number of aryl methyl sites for hydroxylation is 2. The number of carbonyl (C=O) groups is 1. The second kappa shape index (κ2) is 6.32. The lowest BCUT2D eigenvalue weighted by molar-refractivity contribution is -0.121. The van der Waals surface area contributed by atoms with Crippen LogP contribution >= 0.6 is 0 Å². The van der Waals surface area contributed by atoms with Crippen LogP contribution in [-0.2, 0) is 11.2 Å². The molecule has 19 heavy (non-hydrogen) atoms. The van der Waals surface area contributed by atoms with E-state index < -0.39 is 0 Å². The van der Waals surface area contributed by atoms with Crippen molar-refractivity contribution in [3.63, 3.8) is 0 Å². The van der Waals surface area contributed by atoms with Gasteiger partial charge in [-0.1, -0.05) is 24.6 Å². The van der Waals surface area contributed by atoms with Gasteiger partial charge in [-0.3, -0.25) is 9.78 Å². The number of amides is 1. The van der Waals surface area contributed by atoms with Crippen LogP contribution in [0.25, 0.3) is 10.9 Å². The second-order valence-electron chi connectivity index (χ2n) is 4.85. The first-order chi connectivity index (χ1) is 9.19. The molecule has 1 aromatic heterocycles. The van der Waals surface area contributed by atoms with Crippen molar-refractivity contribution in [1.82, 2.24) is 10.3 Å². The molecule has 0 aliphatic heterocycles. The Morgan fingerprint density at radius 1 is 1.26 bits per heavy atom. The van der Waals surface area contributed by atoms with Crippen LogP contribution in [0.4, 0.5) is 0 Å². The first kappa shape index (κ1) is 13.5. The Balaban J connectivity index is 2.01. The zero-order valence-electron chi connectivity index (χ0n) is 11.6. The van der Waals surface area contributed by atoms with Gasteiger partial charge in [-0.15, -0.1) is 0 Å². The summed E-state index contributed by atoms with van der Waals surface area (Å²) in [5, 5.41) is 4.03. The number of aromatic nitrogens is 1. The van der Waals surface area contributed by atoms with E-state index in [0.29, 0.717) is 12.8 Å². The fraction of sp³-hybridized carbons (Fsp3) is 0.375. The lowest BCUT2D eigenvalue weighted by Gasteiger charge is -2.05. The molecule has 0 fully saturated rings. The van der Waals surface area contributed by atoms with E-state index in [0.717, 1.165) is 29.6 Å². The molecule has 3 heteroatoms. The smallest absolute Gasteiger partial charge is 0.220 e. The first-order valence-corrected chi connectivity index (χ1v) is 6.82. The van der Waals surface area contributed by atoms with Crippen LogP contribution in [-0.4, -0.2) is 17.4 Å². The molecule has 0 aliphatic rings. The fourth-order valence-corrected chi connectivity index (χ4v) is 2.02. The number of hydrogen-bond acceptors (Lipinski definition) is 2. The van der Waals surface area contributed by atoms with Gasteiger partial charge in [0, 0.05) is 24.0 Å². The van der Waals surface area contributed by atoms with Gasteiger partial charge in [0.05, 0.1) is 5.52 Å². The Hall–Kier alpha value is -1.90. The fourth-order valence-electron chi connectivity index (χ4n) is 2.02. The highest BCUT2D eigenvalue weighted by Gasteiger charge is 2.03. The molecule has 0 aliphatic carbocycles. The first-order valence-electron chi connectivity index (χ1n) is 6.82. The second-order valence-corrected chi connectivity index (χ2v) is 4.85. The van der Waals surface area contributed by atoms with Crippen molar-refractivity contribution >= 4 is 16.8 Å². The zero-order chi connectivity index (χ0) is 13.7. The van der Waals surface area contributed by atoms with Crippen LogP contribution in [0.15, 0.2) is 30.3 Å². The van der Waals surface area contributed by atoms with Gasteiger partial charge >= 0.3 is 0 Å². The highest BCUT2D eigenvalue weighted by molar-refractivity contribution is 5.79. The molecular weight excluding hydrogens is 236 g/mol. The highest BCUT2D eigenvalue weighted by atomic mass is 16.1. The van der Waals surface area contributed by atoms with Crippen molar-refractivity contribution in [2.75, 3.05) is 6.54 Å². The summed E-state index contributed by atoms with van der Waals surface area (Å²) in [7, 11) is 0. The van der Waals surface area contributed by atoms with Gasteiger partial charge in [0.1, 0.15) is 0 Å². The molecule has 0 saturated heterocycles. The van der Waals surface area contributed by atoms with Crippen LogP contribution in [0.3, 0.4) is 0 Å². The van der Waals surface area contributed by atoms with Crippen LogP contribution < -0.4 is 5.32 Å². The van der Waals surface area contributed by atoms with E-state index in [-0.39, 0.29) is 5.91 Å². The Morgan fingerprint density at radius 2 is 2.11 bits per heavy atom. The Morgan fingerprint density at radius 3 is 2.89 bits per heavy atom. The van der Waals surface area contributed by atoms with Gasteiger partial charge in [0.2, 0.25) is 5.91 Å². The van der Waals surface area contributed by atoms with E-state index in [9.17, 15) is 4.79 Å². The number of carbonyl (C=O) groups excluding carboxylic acids is 1. The highest BCUT2D eigenvalue weighted by Crippen LogP contribution is 2.15. The minimum atomic E-state index is 0.104. The molecule has 1 amide bonds. The number of nitrogens with one attached hydrogen (secondary N) is 1. The molecule has 0 unspecified atom stereocenters. The van der Waals surface area contributed by atoms with Crippen LogP contribution in [0, 0.1) is 6.92 Å². The third-order valence-corrected chi connectivity index (χ3v) is 3.08. The summed E-state index contributed by atoms with van der Waals surface area (Å²) in [6, 6.07) is 10.3. The molecule has 2 rings (SSSR count). The van der Waals surface area contributed by atoms with Crippen molar-refractivity contribution in [2.24, 2.45) is 0 Å². The SMILES string of the molecule is CCCNC(=O)CCc1ccc2cc(C)ccc2n1. The largest absolute Gasteiger partial charge is 0.356 e. The monoisotopic (exact) mass is 256 g/mol. The number of fused-ring (bicyclic) bond motifs is 1. The van der Waals surface area contributed by atoms with Gasteiger partial charge in [-0.25, -0.2) is 0 Å². The lowest BCUT2D eigenvalue weighted by atomic mass is 10.1. The minimum Gasteiger partial charge on any atom is -0.356 e. The van der Waals surface area contributed by atoms with Gasteiger partial charge in [0.25, 0.3) is 0 Å². The molecule has 1 heterocycles. The Bertz CT molecular complexity index is 578. The summed E-state index contributed by atoms with van der Waals surface area (Å²) in [5.74, 6) is 0.104. The van der Waals surface area contributed by atoms with Crippen molar-refractivity contribution in [2.45, 2.75) is 33.1 Å². The van der Waals surface area contributed by atoms with E-state index in [1.807, 2.05) is 19.1 Å². The molecule has 100 valence electrons. The summed E-state index contributed by atoms with van der Waals surface area (Å²) in [5.41, 5.74) is 3.21. The van der Waals surface area contributed by atoms with E-state index in [1.165, 1.54) is 5.56 Å². The summed E-state index contributed by atoms with van der Waals surface area (Å²) < 4.78 is 0. The number of rotatable bonds is 5. The van der Waals surface area contributed by atoms with E-state index in [1.54, 1.807) is 0 Å². The average Bonchev–Trinajstić information content (AvgIpc) is 2.42. The summed E-state index contributed by atoms with van der Waals surface area (Å²) in [6.45, 7) is 4.88. The number of pyridine rings is 1. The predicted octanol–water partition coefficient (Wildman–Crippen LogP) is 3.00. The molecule has 3 nitrogen and oxygen atoms in total.